The molecule has 1 aromatic heterocycles. The number of anilines is 1. The maximum absolute atomic E-state index is 9.17. The highest BCUT2D eigenvalue weighted by Crippen LogP contribution is 2.13. The summed E-state index contributed by atoms with van der Waals surface area (Å²) < 4.78 is 4.89. The van der Waals surface area contributed by atoms with Crippen LogP contribution >= 0.6 is 11.6 Å². The number of rotatable bonds is 5. The Labute approximate surface area is 99.3 Å². The number of aliphatic hydroxyl groups is 1. The second kappa shape index (κ2) is 5.81. The molecule has 90 valence electrons. The maximum Gasteiger partial charge on any atom is 0.322 e. The molecule has 1 atom stereocenters. The fraction of sp³-hybridized carbons (Fsp3) is 0.667. The monoisotopic (exact) mass is 246 g/mol. The largest absolute Gasteiger partial charge is 0.467 e. The maximum atomic E-state index is 9.17. The Morgan fingerprint density at radius 2 is 2.12 bits per heavy atom. The molecule has 1 N–H and O–H groups in total. The second-order valence-electron chi connectivity index (χ2n) is 3.45. The molecule has 0 aliphatic heterocycles. The first-order chi connectivity index (χ1) is 7.52. The van der Waals surface area contributed by atoms with E-state index in [0.717, 1.165) is 0 Å². The molecule has 1 rings (SSSR count). The van der Waals surface area contributed by atoms with Crippen molar-refractivity contribution in [1.29, 1.82) is 0 Å². The summed E-state index contributed by atoms with van der Waals surface area (Å²) in [6.07, 6.45) is 0.268. The lowest BCUT2D eigenvalue weighted by Crippen LogP contribution is -2.24. The Morgan fingerprint density at radius 1 is 1.44 bits per heavy atom. The molecule has 0 saturated carbocycles. The van der Waals surface area contributed by atoms with E-state index in [9.17, 15) is 5.11 Å². The first kappa shape index (κ1) is 12.9. The summed E-state index contributed by atoms with van der Waals surface area (Å²) in [5.74, 6) is 0.428. The minimum Gasteiger partial charge on any atom is -0.467 e. The third kappa shape index (κ3) is 3.79. The van der Waals surface area contributed by atoms with Gasteiger partial charge in [0, 0.05) is 13.6 Å². The summed E-state index contributed by atoms with van der Waals surface area (Å²) >= 11 is 5.72. The number of methoxy groups -OCH3 is 1. The molecule has 16 heavy (non-hydrogen) atoms. The van der Waals surface area contributed by atoms with Gasteiger partial charge in [-0.3, -0.25) is 0 Å². The predicted octanol–water partition coefficient (Wildman–Crippen LogP) is 0.741. The Kier molecular flexibility index (Phi) is 4.70. The average molecular weight is 247 g/mol. The van der Waals surface area contributed by atoms with Gasteiger partial charge in [-0.2, -0.15) is 15.0 Å². The number of aliphatic hydroxyl groups excluding tert-OH is 1. The van der Waals surface area contributed by atoms with Gasteiger partial charge in [-0.25, -0.2) is 0 Å². The van der Waals surface area contributed by atoms with E-state index in [1.54, 1.807) is 11.8 Å². The van der Waals surface area contributed by atoms with E-state index in [0.29, 0.717) is 18.9 Å². The van der Waals surface area contributed by atoms with E-state index >= 15 is 0 Å². The SMILES string of the molecule is COc1nc(Cl)nc(N(C)CCC(C)O)n1. The van der Waals surface area contributed by atoms with Gasteiger partial charge in [-0.05, 0) is 24.9 Å². The highest BCUT2D eigenvalue weighted by atomic mass is 35.5. The molecule has 1 unspecified atom stereocenters. The third-order valence-corrected chi connectivity index (χ3v) is 2.15. The highest BCUT2D eigenvalue weighted by molar-refractivity contribution is 6.28. The van der Waals surface area contributed by atoms with Crippen LogP contribution < -0.4 is 9.64 Å². The smallest absolute Gasteiger partial charge is 0.322 e. The summed E-state index contributed by atoms with van der Waals surface area (Å²) in [7, 11) is 3.28. The van der Waals surface area contributed by atoms with Crippen LogP contribution in [0.5, 0.6) is 6.01 Å². The van der Waals surface area contributed by atoms with E-state index in [1.807, 2.05) is 7.05 Å². The average Bonchev–Trinajstić information content (AvgIpc) is 2.24. The van der Waals surface area contributed by atoms with Crippen molar-refractivity contribution in [2.24, 2.45) is 0 Å². The van der Waals surface area contributed by atoms with Crippen LogP contribution in [0.4, 0.5) is 5.95 Å². The number of aromatic nitrogens is 3. The molecule has 0 bridgehead atoms. The van der Waals surface area contributed by atoms with E-state index in [-0.39, 0.29) is 17.4 Å². The number of ether oxygens (including phenoxy) is 1. The fourth-order valence-corrected chi connectivity index (χ4v) is 1.21. The van der Waals surface area contributed by atoms with Crippen molar-refractivity contribution in [3.05, 3.63) is 5.28 Å². The molecular formula is C9H15ClN4O2. The van der Waals surface area contributed by atoms with Crippen molar-refractivity contribution in [3.63, 3.8) is 0 Å². The second-order valence-corrected chi connectivity index (χ2v) is 3.79. The number of hydrogen-bond acceptors (Lipinski definition) is 6. The normalized spacial score (nSPS) is 12.3. The molecule has 0 fully saturated rings. The van der Waals surface area contributed by atoms with Gasteiger partial charge in [0.2, 0.25) is 11.2 Å². The zero-order chi connectivity index (χ0) is 12.1. The van der Waals surface area contributed by atoms with Crippen LogP contribution in [0.1, 0.15) is 13.3 Å². The summed E-state index contributed by atoms with van der Waals surface area (Å²) in [4.78, 5) is 13.6. The molecule has 0 radical (unpaired) electrons. The molecule has 0 aliphatic rings. The lowest BCUT2D eigenvalue weighted by molar-refractivity contribution is 0.186. The molecule has 0 amide bonds. The van der Waals surface area contributed by atoms with Crippen molar-refractivity contribution >= 4 is 17.5 Å². The summed E-state index contributed by atoms with van der Waals surface area (Å²) in [5, 5.41) is 9.26. The summed E-state index contributed by atoms with van der Waals surface area (Å²) in [6.45, 7) is 2.36. The molecule has 1 aromatic rings. The molecule has 0 spiro atoms. The predicted molar refractivity (Wildman–Crippen MR) is 61.0 cm³/mol. The minimum atomic E-state index is -0.360. The lowest BCUT2D eigenvalue weighted by atomic mass is 10.3. The Balaban J connectivity index is 2.74. The molecule has 0 saturated heterocycles. The summed E-state index contributed by atoms with van der Waals surface area (Å²) in [6, 6.07) is 0.180. The van der Waals surface area contributed by atoms with Crippen LogP contribution in [0.3, 0.4) is 0 Å². The molecule has 6 nitrogen and oxygen atoms in total. The Hall–Kier alpha value is -1.14. The Bertz CT molecular complexity index is 348. The van der Waals surface area contributed by atoms with Gasteiger partial charge >= 0.3 is 6.01 Å². The van der Waals surface area contributed by atoms with Gasteiger partial charge in [-0.1, -0.05) is 0 Å². The van der Waals surface area contributed by atoms with Crippen LogP contribution in [-0.4, -0.2) is 46.9 Å². The lowest BCUT2D eigenvalue weighted by Gasteiger charge is -2.17. The number of hydrogen-bond donors (Lipinski definition) is 1. The zero-order valence-electron chi connectivity index (χ0n) is 9.51. The van der Waals surface area contributed by atoms with Gasteiger partial charge in [0.05, 0.1) is 13.2 Å². The number of halogens is 1. The third-order valence-electron chi connectivity index (χ3n) is 1.98. The van der Waals surface area contributed by atoms with Crippen LogP contribution in [0.25, 0.3) is 0 Å². The highest BCUT2D eigenvalue weighted by Gasteiger charge is 2.10. The quantitative estimate of drug-likeness (QED) is 0.826. The molecule has 0 aromatic carbocycles. The minimum absolute atomic E-state index is 0.0887. The van der Waals surface area contributed by atoms with Crippen molar-refractivity contribution in [1.82, 2.24) is 15.0 Å². The van der Waals surface area contributed by atoms with Gasteiger partial charge in [0.25, 0.3) is 0 Å². The van der Waals surface area contributed by atoms with Crippen LogP contribution in [0.2, 0.25) is 5.28 Å². The van der Waals surface area contributed by atoms with Crippen molar-refractivity contribution in [3.8, 4) is 6.01 Å². The summed E-state index contributed by atoms with van der Waals surface area (Å²) in [5.41, 5.74) is 0. The van der Waals surface area contributed by atoms with Gasteiger partial charge < -0.3 is 14.7 Å². The van der Waals surface area contributed by atoms with Crippen molar-refractivity contribution < 1.29 is 9.84 Å². The molecule has 0 aliphatic carbocycles. The topological polar surface area (TPSA) is 71.4 Å². The zero-order valence-corrected chi connectivity index (χ0v) is 10.3. The van der Waals surface area contributed by atoms with Crippen LogP contribution in [0, 0.1) is 0 Å². The molecule has 7 heteroatoms. The molecular weight excluding hydrogens is 232 g/mol. The van der Waals surface area contributed by atoms with Gasteiger partial charge in [0.1, 0.15) is 0 Å². The van der Waals surface area contributed by atoms with Gasteiger partial charge in [0.15, 0.2) is 0 Å². The Morgan fingerprint density at radius 3 is 2.69 bits per heavy atom. The van der Waals surface area contributed by atoms with Crippen LogP contribution in [0.15, 0.2) is 0 Å². The van der Waals surface area contributed by atoms with E-state index in [1.165, 1.54) is 7.11 Å². The van der Waals surface area contributed by atoms with E-state index in [2.05, 4.69) is 15.0 Å². The van der Waals surface area contributed by atoms with Gasteiger partial charge in [-0.15, -0.1) is 0 Å². The fourth-order valence-electron chi connectivity index (χ4n) is 1.06. The van der Waals surface area contributed by atoms with Crippen molar-refractivity contribution in [2.45, 2.75) is 19.4 Å². The first-order valence-corrected chi connectivity index (χ1v) is 5.25. The van der Waals surface area contributed by atoms with E-state index < -0.39 is 0 Å². The number of nitrogens with zero attached hydrogens (tertiary/aromatic N) is 4. The van der Waals surface area contributed by atoms with Crippen molar-refractivity contribution in [2.75, 3.05) is 25.6 Å². The van der Waals surface area contributed by atoms with E-state index in [4.69, 9.17) is 16.3 Å². The van der Waals surface area contributed by atoms with Crippen LogP contribution in [-0.2, 0) is 0 Å². The molecule has 1 heterocycles. The first-order valence-electron chi connectivity index (χ1n) is 4.87. The standard InChI is InChI=1S/C9H15ClN4O2/c1-6(15)4-5-14(2)8-11-7(10)12-9(13-8)16-3/h6,15H,4-5H2,1-3H3.